The summed E-state index contributed by atoms with van der Waals surface area (Å²) >= 11 is 1.29. The lowest BCUT2D eigenvalue weighted by atomic mass is 10.1. The van der Waals surface area contributed by atoms with Gasteiger partial charge in [-0.3, -0.25) is 9.59 Å². The summed E-state index contributed by atoms with van der Waals surface area (Å²) in [5, 5.41) is 3.75. The van der Waals surface area contributed by atoms with Gasteiger partial charge < -0.3 is 20.2 Å². The van der Waals surface area contributed by atoms with Crippen molar-refractivity contribution >= 4 is 40.2 Å². The van der Waals surface area contributed by atoms with Gasteiger partial charge in [-0.2, -0.15) is 0 Å². The van der Waals surface area contributed by atoms with Crippen LogP contribution >= 0.6 is 11.8 Å². The number of hydrogen-bond donors (Lipinski definition) is 2. The molecule has 0 spiro atoms. The molecule has 1 aromatic heterocycles. The second-order valence-corrected chi connectivity index (χ2v) is 6.62. The van der Waals surface area contributed by atoms with Gasteiger partial charge in [0.2, 0.25) is 11.8 Å². The number of hydrogen-bond acceptors (Lipinski definition) is 5. The quantitative estimate of drug-likeness (QED) is 0.623. The number of primary amides is 1. The molecule has 0 radical (unpaired) electrons. The molecule has 134 valence electrons. The number of ether oxygens (including phenoxy) is 1. The summed E-state index contributed by atoms with van der Waals surface area (Å²) in [7, 11) is 1.59. The molecule has 0 unspecified atom stereocenters. The van der Waals surface area contributed by atoms with Crippen LogP contribution in [-0.4, -0.2) is 24.7 Å². The molecule has 1 heterocycles. The Hall–Kier alpha value is -2.93. The molecular formula is C19H18N2O4S. The Bertz CT molecular complexity index is 952. The third kappa shape index (κ3) is 4.18. The molecule has 0 saturated carbocycles. The predicted molar refractivity (Wildman–Crippen MR) is 101 cm³/mol. The maximum Gasteiger partial charge on any atom is 0.228 e. The van der Waals surface area contributed by atoms with Gasteiger partial charge >= 0.3 is 0 Å². The molecule has 2 aromatic carbocycles. The van der Waals surface area contributed by atoms with Crippen molar-refractivity contribution in [2.45, 2.75) is 11.3 Å². The normalized spacial score (nSPS) is 10.7. The first-order valence-corrected chi connectivity index (χ1v) is 8.89. The van der Waals surface area contributed by atoms with Gasteiger partial charge in [-0.1, -0.05) is 12.1 Å². The summed E-state index contributed by atoms with van der Waals surface area (Å²) in [6, 6.07) is 12.8. The second-order valence-electron chi connectivity index (χ2n) is 5.60. The fourth-order valence-electron chi connectivity index (χ4n) is 2.54. The Morgan fingerprint density at radius 3 is 2.81 bits per heavy atom. The number of benzene rings is 2. The summed E-state index contributed by atoms with van der Waals surface area (Å²) in [6.07, 6.45) is 1.76. The molecule has 0 bridgehead atoms. The average Bonchev–Trinajstić information content (AvgIpc) is 3.02. The molecule has 0 fully saturated rings. The van der Waals surface area contributed by atoms with Crippen LogP contribution in [0.15, 0.2) is 58.0 Å². The van der Waals surface area contributed by atoms with E-state index in [-0.39, 0.29) is 18.1 Å². The summed E-state index contributed by atoms with van der Waals surface area (Å²) in [5.41, 5.74) is 7.30. The first-order valence-electron chi connectivity index (χ1n) is 7.91. The van der Waals surface area contributed by atoms with Gasteiger partial charge in [0.15, 0.2) is 0 Å². The van der Waals surface area contributed by atoms with Crippen LogP contribution in [0.1, 0.15) is 5.56 Å². The minimum absolute atomic E-state index is 0.154. The zero-order chi connectivity index (χ0) is 18.5. The highest BCUT2D eigenvalue weighted by Gasteiger charge is 2.13. The predicted octanol–water partition coefficient (Wildman–Crippen LogP) is 3.20. The van der Waals surface area contributed by atoms with Crippen LogP contribution in [0, 0.1) is 0 Å². The van der Waals surface area contributed by atoms with E-state index < -0.39 is 5.91 Å². The van der Waals surface area contributed by atoms with E-state index in [4.69, 9.17) is 14.9 Å². The highest BCUT2D eigenvalue weighted by molar-refractivity contribution is 8.00. The van der Waals surface area contributed by atoms with E-state index >= 15 is 0 Å². The van der Waals surface area contributed by atoms with Gasteiger partial charge in [-0.15, -0.1) is 11.8 Å². The van der Waals surface area contributed by atoms with Gasteiger partial charge in [0.05, 0.1) is 31.2 Å². The maximum absolute atomic E-state index is 12.5. The topological polar surface area (TPSA) is 94.6 Å². The smallest absolute Gasteiger partial charge is 0.228 e. The van der Waals surface area contributed by atoms with Gasteiger partial charge in [-0.25, -0.2) is 0 Å². The summed E-state index contributed by atoms with van der Waals surface area (Å²) in [6.45, 7) is 0. The number of carbonyl (C=O) groups excluding carboxylic acids is 2. The molecule has 0 atom stereocenters. The van der Waals surface area contributed by atoms with Crippen molar-refractivity contribution in [3.8, 4) is 5.75 Å². The number of nitrogens with one attached hydrogen (secondary N) is 1. The number of anilines is 1. The Morgan fingerprint density at radius 1 is 1.23 bits per heavy atom. The Morgan fingerprint density at radius 2 is 2.04 bits per heavy atom. The van der Waals surface area contributed by atoms with E-state index in [0.29, 0.717) is 17.0 Å². The Balaban J connectivity index is 1.73. The number of nitrogens with two attached hydrogens (primary N) is 1. The van der Waals surface area contributed by atoms with Crippen molar-refractivity contribution in [2.75, 3.05) is 18.2 Å². The minimum Gasteiger partial charge on any atom is -0.497 e. The summed E-state index contributed by atoms with van der Waals surface area (Å²) in [4.78, 5) is 24.2. The molecule has 0 saturated heterocycles. The van der Waals surface area contributed by atoms with Gasteiger partial charge in [-0.05, 0) is 24.3 Å². The molecule has 0 aliphatic carbocycles. The van der Waals surface area contributed by atoms with Crippen molar-refractivity contribution in [2.24, 2.45) is 5.73 Å². The molecule has 7 heteroatoms. The zero-order valence-electron chi connectivity index (χ0n) is 14.2. The van der Waals surface area contributed by atoms with Crippen LogP contribution in [0.5, 0.6) is 5.75 Å². The third-order valence-electron chi connectivity index (χ3n) is 3.74. The van der Waals surface area contributed by atoms with Crippen LogP contribution in [0.25, 0.3) is 11.0 Å². The number of thioether (sulfide) groups is 1. The lowest BCUT2D eigenvalue weighted by molar-refractivity contribution is -0.116. The lowest BCUT2D eigenvalue weighted by Gasteiger charge is -2.10. The van der Waals surface area contributed by atoms with Gasteiger partial charge in [0.1, 0.15) is 11.3 Å². The fraction of sp³-hybridized carbons (Fsp3) is 0.158. The van der Waals surface area contributed by atoms with Crippen LogP contribution < -0.4 is 15.8 Å². The van der Waals surface area contributed by atoms with Crippen LogP contribution in [-0.2, 0) is 16.0 Å². The van der Waals surface area contributed by atoms with Crippen molar-refractivity contribution in [3.63, 3.8) is 0 Å². The van der Waals surface area contributed by atoms with E-state index in [1.54, 1.807) is 25.5 Å². The second kappa shape index (κ2) is 7.97. The van der Waals surface area contributed by atoms with Gasteiger partial charge in [0.25, 0.3) is 0 Å². The monoisotopic (exact) mass is 370 g/mol. The van der Waals surface area contributed by atoms with Crippen molar-refractivity contribution in [3.05, 3.63) is 54.3 Å². The molecular weight excluding hydrogens is 352 g/mol. The number of fused-ring (bicyclic) bond motifs is 1. The van der Waals surface area contributed by atoms with Crippen molar-refractivity contribution in [1.29, 1.82) is 0 Å². The van der Waals surface area contributed by atoms with E-state index in [2.05, 4.69) is 5.32 Å². The third-order valence-corrected chi connectivity index (χ3v) is 4.84. The molecule has 3 aromatic rings. The largest absolute Gasteiger partial charge is 0.497 e. The maximum atomic E-state index is 12.5. The lowest BCUT2D eigenvalue weighted by Crippen LogP contribution is -2.16. The molecule has 26 heavy (non-hydrogen) atoms. The Labute approximate surface area is 154 Å². The first kappa shape index (κ1) is 17.9. The van der Waals surface area contributed by atoms with Crippen LogP contribution in [0.2, 0.25) is 0 Å². The SMILES string of the molecule is COc1ccc2c(CC(=O)Nc3ccccc3SCC(N)=O)coc2c1. The highest BCUT2D eigenvalue weighted by atomic mass is 32.2. The molecule has 2 amide bonds. The van der Waals surface area contributed by atoms with E-state index in [9.17, 15) is 9.59 Å². The number of para-hydroxylation sites is 1. The molecule has 3 rings (SSSR count). The number of carbonyl (C=O) groups is 2. The van der Waals surface area contributed by atoms with Gasteiger partial charge in [0, 0.05) is 21.9 Å². The summed E-state index contributed by atoms with van der Waals surface area (Å²) in [5.74, 6) is 0.275. The van der Waals surface area contributed by atoms with E-state index in [1.807, 2.05) is 30.3 Å². The fourth-order valence-corrected chi connectivity index (χ4v) is 3.29. The van der Waals surface area contributed by atoms with E-state index in [0.717, 1.165) is 15.8 Å². The number of methoxy groups -OCH3 is 1. The number of furan rings is 1. The zero-order valence-corrected chi connectivity index (χ0v) is 15.0. The minimum atomic E-state index is -0.406. The first-order chi connectivity index (χ1) is 12.6. The molecule has 0 aliphatic heterocycles. The Kier molecular flexibility index (Phi) is 5.48. The molecule has 3 N–H and O–H groups in total. The number of amides is 2. The van der Waals surface area contributed by atoms with Crippen molar-refractivity contribution < 1.29 is 18.7 Å². The van der Waals surface area contributed by atoms with E-state index in [1.165, 1.54) is 11.8 Å². The van der Waals surface area contributed by atoms with Crippen molar-refractivity contribution in [1.82, 2.24) is 0 Å². The molecule has 0 aliphatic rings. The van der Waals surface area contributed by atoms with Crippen LogP contribution in [0.4, 0.5) is 5.69 Å². The summed E-state index contributed by atoms with van der Waals surface area (Å²) < 4.78 is 10.7. The molecule has 6 nitrogen and oxygen atoms in total. The standard InChI is InChI=1S/C19H18N2O4S/c1-24-13-6-7-14-12(10-25-16(14)9-13)8-19(23)21-15-4-2-3-5-17(15)26-11-18(20)22/h2-7,9-10H,8,11H2,1H3,(H2,20,22)(H,21,23). The average molecular weight is 370 g/mol. The van der Waals surface area contributed by atoms with Crippen LogP contribution in [0.3, 0.4) is 0 Å². The highest BCUT2D eigenvalue weighted by Crippen LogP contribution is 2.28. The number of rotatable bonds is 7.